The molecule has 0 aromatic carbocycles. The van der Waals surface area contributed by atoms with Gasteiger partial charge in [-0.05, 0) is 43.9 Å². The molecular weight excluding hydrogens is 288 g/mol. The molecule has 2 aliphatic rings. The SMILES string of the molecule is CCNC(=NCC1CCCCC1C)N1CCCC(CC(N)=O)C1. The molecular formula is C18H34N4O. The molecule has 1 amide bonds. The van der Waals surface area contributed by atoms with Crippen molar-refractivity contribution in [2.45, 2.75) is 58.8 Å². The van der Waals surface area contributed by atoms with Crippen molar-refractivity contribution in [2.75, 3.05) is 26.2 Å². The van der Waals surface area contributed by atoms with Crippen molar-refractivity contribution < 1.29 is 4.79 Å². The second-order valence-electron chi connectivity index (χ2n) is 7.34. The van der Waals surface area contributed by atoms with Crippen LogP contribution in [0.3, 0.4) is 0 Å². The van der Waals surface area contributed by atoms with Crippen molar-refractivity contribution >= 4 is 11.9 Å². The number of primary amides is 1. The predicted octanol–water partition coefficient (Wildman–Crippen LogP) is 2.37. The first-order valence-electron chi connectivity index (χ1n) is 9.41. The first kappa shape index (κ1) is 18.1. The third-order valence-electron chi connectivity index (χ3n) is 5.41. The van der Waals surface area contributed by atoms with Gasteiger partial charge in [-0.3, -0.25) is 9.79 Å². The van der Waals surface area contributed by atoms with Crippen molar-refractivity contribution in [3.63, 3.8) is 0 Å². The Hall–Kier alpha value is -1.26. The fourth-order valence-electron chi connectivity index (χ4n) is 4.00. The summed E-state index contributed by atoms with van der Waals surface area (Å²) in [6, 6.07) is 0. The maximum absolute atomic E-state index is 11.2. The Morgan fingerprint density at radius 2 is 2.04 bits per heavy atom. The summed E-state index contributed by atoms with van der Waals surface area (Å²) < 4.78 is 0. The highest BCUT2D eigenvalue weighted by Gasteiger charge is 2.25. The Morgan fingerprint density at radius 3 is 2.74 bits per heavy atom. The Kier molecular flexibility index (Phi) is 7.18. The number of hydrogen-bond acceptors (Lipinski definition) is 2. The van der Waals surface area contributed by atoms with E-state index in [9.17, 15) is 4.79 Å². The van der Waals surface area contributed by atoms with Crippen molar-refractivity contribution in [1.29, 1.82) is 0 Å². The quantitative estimate of drug-likeness (QED) is 0.603. The molecule has 0 aromatic heterocycles. The van der Waals surface area contributed by atoms with Gasteiger partial charge >= 0.3 is 0 Å². The summed E-state index contributed by atoms with van der Waals surface area (Å²) in [4.78, 5) is 18.5. The van der Waals surface area contributed by atoms with Gasteiger partial charge in [0.2, 0.25) is 5.91 Å². The summed E-state index contributed by atoms with van der Waals surface area (Å²) in [6.45, 7) is 8.23. The summed E-state index contributed by atoms with van der Waals surface area (Å²) in [7, 11) is 0. The number of nitrogens with two attached hydrogens (primary N) is 1. The van der Waals surface area contributed by atoms with Crippen LogP contribution in [0.5, 0.6) is 0 Å². The maximum Gasteiger partial charge on any atom is 0.217 e. The van der Waals surface area contributed by atoms with Gasteiger partial charge in [-0.25, -0.2) is 0 Å². The van der Waals surface area contributed by atoms with Crippen LogP contribution in [0.2, 0.25) is 0 Å². The fraction of sp³-hybridized carbons (Fsp3) is 0.889. The highest BCUT2D eigenvalue weighted by molar-refractivity contribution is 5.80. The fourth-order valence-corrected chi connectivity index (χ4v) is 4.00. The average molecular weight is 322 g/mol. The number of nitrogens with zero attached hydrogens (tertiary/aromatic N) is 2. The smallest absolute Gasteiger partial charge is 0.217 e. The van der Waals surface area contributed by atoms with Crippen molar-refractivity contribution in [1.82, 2.24) is 10.2 Å². The molecule has 5 nitrogen and oxygen atoms in total. The van der Waals surface area contributed by atoms with E-state index in [4.69, 9.17) is 10.7 Å². The molecule has 2 fully saturated rings. The first-order valence-corrected chi connectivity index (χ1v) is 9.41. The lowest BCUT2D eigenvalue weighted by atomic mass is 9.80. The Morgan fingerprint density at radius 1 is 1.26 bits per heavy atom. The number of hydrogen-bond donors (Lipinski definition) is 2. The van der Waals surface area contributed by atoms with Crippen LogP contribution in [0.1, 0.15) is 58.8 Å². The van der Waals surface area contributed by atoms with Crippen LogP contribution in [0.25, 0.3) is 0 Å². The number of nitrogens with one attached hydrogen (secondary N) is 1. The van der Waals surface area contributed by atoms with Crippen molar-refractivity contribution in [3.05, 3.63) is 0 Å². The summed E-state index contributed by atoms with van der Waals surface area (Å²) in [6.07, 6.45) is 8.10. The van der Waals surface area contributed by atoms with Crippen LogP contribution in [-0.4, -0.2) is 42.9 Å². The molecule has 1 saturated heterocycles. The molecule has 1 saturated carbocycles. The molecule has 2 rings (SSSR count). The molecule has 0 bridgehead atoms. The molecule has 132 valence electrons. The van der Waals surface area contributed by atoms with Gasteiger partial charge in [-0.15, -0.1) is 0 Å². The average Bonchev–Trinajstić information content (AvgIpc) is 2.52. The molecule has 1 aliphatic heterocycles. The molecule has 3 N–H and O–H groups in total. The molecule has 5 heteroatoms. The van der Waals surface area contributed by atoms with Crippen LogP contribution in [0, 0.1) is 17.8 Å². The summed E-state index contributed by atoms with van der Waals surface area (Å²) >= 11 is 0. The number of piperidine rings is 1. The first-order chi connectivity index (χ1) is 11.1. The van der Waals surface area contributed by atoms with E-state index in [1.165, 1.54) is 25.7 Å². The lowest BCUT2D eigenvalue weighted by Crippen LogP contribution is -2.47. The standard InChI is InChI=1S/C18H34N4O/c1-3-20-18(21-12-16-9-5-4-7-14(16)2)22-10-6-8-15(13-22)11-17(19)23/h14-16H,3-13H2,1-2H3,(H2,19,23)(H,20,21). The third-order valence-corrected chi connectivity index (χ3v) is 5.41. The number of carbonyl (C=O) groups is 1. The van der Waals surface area contributed by atoms with Crippen LogP contribution >= 0.6 is 0 Å². The summed E-state index contributed by atoms with van der Waals surface area (Å²) in [5.74, 6) is 2.73. The Balaban J connectivity index is 1.95. The summed E-state index contributed by atoms with van der Waals surface area (Å²) in [5.41, 5.74) is 5.37. The molecule has 3 atom stereocenters. The van der Waals surface area contributed by atoms with Gasteiger partial charge < -0.3 is 16.0 Å². The summed E-state index contributed by atoms with van der Waals surface area (Å²) in [5, 5.41) is 3.44. The highest BCUT2D eigenvalue weighted by atomic mass is 16.1. The number of aliphatic imine (C=N–C) groups is 1. The number of likely N-dealkylation sites (tertiary alicyclic amines) is 1. The van der Waals surface area contributed by atoms with Crippen LogP contribution in [0.15, 0.2) is 4.99 Å². The van der Waals surface area contributed by atoms with E-state index in [1.54, 1.807) is 0 Å². The minimum Gasteiger partial charge on any atom is -0.370 e. The minimum absolute atomic E-state index is 0.185. The largest absolute Gasteiger partial charge is 0.370 e. The van der Waals surface area contributed by atoms with Gasteiger partial charge in [0.1, 0.15) is 0 Å². The van der Waals surface area contributed by atoms with E-state index in [0.717, 1.165) is 56.8 Å². The Bertz CT molecular complexity index is 410. The van der Waals surface area contributed by atoms with Gasteiger partial charge in [0.15, 0.2) is 5.96 Å². The van der Waals surface area contributed by atoms with Crippen molar-refractivity contribution in [2.24, 2.45) is 28.5 Å². The highest BCUT2D eigenvalue weighted by Crippen LogP contribution is 2.29. The molecule has 1 aliphatic carbocycles. The van der Waals surface area contributed by atoms with Crippen LogP contribution in [-0.2, 0) is 4.79 Å². The van der Waals surface area contributed by atoms with E-state index < -0.39 is 0 Å². The normalized spacial score (nSPS) is 29.4. The number of amides is 1. The van der Waals surface area contributed by atoms with E-state index in [2.05, 4.69) is 24.1 Å². The van der Waals surface area contributed by atoms with Crippen LogP contribution < -0.4 is 11.1 Å². The number of rotatable bonds is 5. The molecule has 23 heavy (non-hydrogen) atoms. The molecule has 1 heterocycles. The molecule has 0 aromatic rings. The zero-order valence-electron chi connectivity index (χ0n) is 14.9. The molecule has 0 spiro atoms. The maximum atomic E-state index is 11.2. The molecule has 0 radical (unpaired) electrons. The van der Waals surface area contributed by atoms with Crippen molar-refractivity contribution in [3.8, 4) is 0 Å². The number of guanidine groups is 1. The Labute approximate surface area is 141 Å². The third kappa shape index (κ3) is 5.70. The zero-order valence-corrected chi connectivity index (χ0v) is 14.9. The monoisotopic (exact) mass is 322 g/mol. The van der Waals surface area contributed by atoms with E-state index in [1.807, 2.05) is 0 Å². The zero-order chi connectivity index (χ0) is 16.7. The van der Waals surface area contributed by atoms with E-state index in [0.29, 0.717) is 12.3 Å². The second-order valence-corrected chi connectivity index (χ2v) is 7.34. The second kappa shape index (κ2) is 9.14. The van der Waals surface area contributed by atoms with Gasteiger partial charge in [0.05, 0.1) is 0 Å². The predicted molar refractivity (Wildman–Crippen MR) is 95.2 cm³/mol. The minimum atomic E-state index is -0.185. The van der Waals surface area contributed by atoms with Gasteiger partial charge in [-0.2, -0.15) is 0 Å². The topological polar surface area (TPSA) is 70.7 Å². The lowest BCUT2D eigenvalue weighted by Gasteiger charge is -2.35. The number of carbonyl (C=O) groups excluding carboxylic acids is 1. The van der Waals surface area contributed by atoms with Gasteiger partial charge in [-0.1, -0.05) is 26.2 Å². The molecule has 3 unspecified atom stereocenters. The van der Waals surface area contributed by atoms with Crippen LogP contribution in [0.4, 0.5) is 0 Å². The van der Waals surface area contributed by atoms with Gasteiger partial charge in [0, 0.05) is 32.6 Å². The van der Waals surface area contributed by atoms with Gasteiger partial charge in [0.25, 0.3) is 0 Å². The lowest BCUT2D eigenvalue weighted by molar-refractivity contribution is -0.119. The van der Waals surface area contributed by atoms with E-state index >= 15 is 0 Å². The van der Waals surface area contributed by atoms with E-state index in [-0.39, 0.29) is 5.91 Å².